The van der Waals surface area contributed by atoms with E-state index >= 15 is 0 Å². The van der Waals surface area contributed by atoms with E-state index in [0.29, 0.717) is 6.61 Å². The van der Waals surface area contributed by atoms with Crippen molar-refractivity contribution >= 4 is 0 Å². The Hall–Kier alpha value is -0.0800. The molecule has 0 aromatic carbocycles. The van der Waals surface area contributed by atoms with Crippen LogP contribution in [0.15, 0.2) is 0 Å². The van der Waals surface area contributed by atoms with Crippen LogP contribution < -0.4 is 5.32 Å². The number of hydrogen-bond acceptors (Lipinski definition) is 2. The van der Waals surface area contributed by atoms with E-state index in [1.807, 2.05) is 0 Å². The smallest absolute Gasteiger partial charge is 0.0448 e. The Labute approximate surface area is 87.1 Å². The highest BCUT2D eigenvalue weighted by Crippen LogP contribution is 2.47. The summed E-state index contributed by atoms with van der Waals surface area (Å²) in [4.78, 5) is 0. The lowest BCUT2D eigenvalue weighted by Crippen LogP contribution is -2.47. The van der Waals surface area contributed by atoms with E-state index in [2.05, 4.69) is 12.4 Å². The molecule has 0 aliphatic heterocycles. The first-order valence-electron chi connectivity index (χ1n) is 6.09. The first-order valence-corrected chi connectivity index (χ1v) is 6.09. The summed E-state index contributed by atoms with van der Waals surface area (Å²) in [5, 5.41) is 12.6. The number of aliphatic hydroxyl groups excluding tert-OH is 1. The van der Waals surface area contributed by atoms with Crippen LogP contribution >= 0.6 is 0 Å². The van der Waals surface area contributed by atoms with Crippen LogP contribution in [-0.2, 0) is 0 Å². The van der Waals surface area contributed by atoms with E-state index in [0.717, 1.165) is 18.3 Å². The second kappa shape index (κ2) is 4.19. The van der Waals surface area contributed by atoms with Crippen molar-refractivity contribution in [2.75, 3.05) is 13.7 Å². The summed E-state index contributed by atoms with van der Waals surface area (Å²) in [5.74, 6) is 1.98. The van der Waals surface area contributed by atoms with Gasteiger partial charge in [-0.3, -0.25) is 0 Å². The third-order valence-corrected chi connectivity index (χ3v) is 4.29. The molecule has 0 aromatic rings. The lowest BCUT2D eigenvalue weighted by Gasteiger charge is -2.41. The molecule has 0 aromatic heterocycles. The summed E-state index contributed by atoms with van der Waals surface area (Å²) in [5.41, 5.74) is 0.264. The molecule has 0 bridgehead atoms. The van der Waals surface area contributed by atoms with Crippen LogP contribution in [0.2, 0.25) is 0 Å². The SMILES string of the molecule is CNC1(CCO)CCCC(C2CC2)C1. The molecule has 2 atom stereocenters. The number of hydrogen-bond donors (Lipinski definition) is 2. The normalized spacial score (nSPS) is 38.6. The zero-order valence-corrected chi connectivity index (χ0v) is 9.26. The number of nitrogens with one attached hydrogen (secondary N) is 1. The van der Waals surface area contributed by atoms with E-state index in [-0.39, 0.29) is 5.54 Å². The van der Waals surface area contributed by atoms with Gasteiger partial charge in [-0.1, -0.05) is 12.8 Å². The Bertz CT molecular complexity index is 187. The summed E-state index contributed by atoms with van der Waals surface area (Å²) < 4.78 is 0. The molecule has 2 N–H and O–H groups in total. The van der Waals surface area contributed by atoms with Crippen molar-refractivity contribution in [2.45, 2.75) is 50.5 Å². The molecule has 2 aliphatic rings. The lowest BCUT2D eigenvalue weighted by atomic mass is 9.72. The van der Waals surface area contributed by atoms with Gasteiger partial charge in [0.05, 0.1) is 0 Å². The molecule has 2 heteroatoms. The van der Waals surface area contributed by atoms with Crippen LogP contribution in [0, 0.1) is 11.8 Å². The Balaban J connectivity index is 1.95. The van der Waals surface area contributed by atoms with E-state index in [1.54, 1.807) is 0 Å². The summed E-state index contributed by atoms with van der Waals surface area (Å²) >= 11 is 0. The molecule has 2 aliphatic carbocycles. The quantitative estimate of drug-likeness (QED) is 0.722. The Morgan fingerprint density at radius 1 is 1.29 bits per heavy atom. The third-order valence-electron chi connectivity index (χ3n) is 4.29. The maximum atomic E-state index is 9.12. The van der Waals surface area contributed by atoms with Gasteiger partial charge < -0.3 is 10.4 Å². The van der Waals surface area contributed by atoms with Crippen LogP contribution in [-0.4, -0.2) is 24.3 Å². The van der Waals surface area contributed by atoms with Crippen LogP contribution in [0.1, 0.15) is 44.9 Å². The molecule has 0 spiro atoms. The molecular formula is C12H23NO. The van der Waals surface area contributed by atoms with Gasteiger partial charge in [0.25, 0.3) is 0 Å². The molecule has 2 fully saturated rings. The minimum Gasteiger partial charge on any atom is -0.396 e. The first-order chi connectivity index (χ1) is 6.79. The number of rotatable bonds is 4. The van der Waals surface area contributed by atoms with Crippen LogP contribution in [0.3, 0.4) is 0 Å². The zero-order chi connectivity index (χ0) is 10.0. The highest BCUT2D eigenvalue weighted by Gasteiger charge is 2.40. The maximum Gasteiger partial charge on any atom is 0.0448 e. The van der Waals surface area contributed by atoms with Crippen LogP contribution in [0.5, 0.6) is 0 Å². The predicted octanol–water partition coefficient (Wildman–Crippen LogP) is 1.93. The monoisotopic (exact) mass is 197 g/mol. The minimum atomic E-state index is 0.264. The van der Waals surface area contributed by atoms with Gasteiger partial charge in [-0.25, -0.2) is 0 Å². The van der Waals surface area contributed by atoms with E-state index in [1.165, 1.54) is 38.5 Å². The molecule has 0 radical (unpaired) electrons. The summed E-state index contributed by atoms with van der Waals surface area (Å²) in [6.45, 7) is 0.332. The lowest BCUT2D eigenvalue weighted by molar-refractivity contribution is 0.132. The summed E-state index contributed by atoms with van der Waals surface area (Å²) in [6.07, 6.45) is 9.20. The molecule has 2 saturated carbocycles. The highest BCUT2D eigenvalue weighted by molar-refractivity contribution is 4.96. The van der Waals surface area contributed by atoms with Crippen molar-refractivity contribution < 1.29 is 5.11 Å². The maximum absolute atomic E-state index is 9.12. The summed E-state index contributed by atoms with van der Waals surface area (Å²) in [6, 6.07) is 0. The molecule has 14 heavy (non-hydrogen) atoms. The fourth-order valence-corrected chi connectivity index (χ4v) is 3.17. The molecular weight excluding hydrogens is 174 g/mol. The van der Waals surface area contributed by atoms with Crippen molar-refractivity contribution in [1.29, 1.82) is 0 Å². The third kappa shape index (κ3) is 2.12. The van der Waals surface area contributed by atoms with Gasteiger partial charge in [0.1, 0.15) is 0 Å². The zero-order valence-electron chi connectivity index (χ0n) is 9.26. The van der Waals surface area contributed by atoms with Crippen molar-refractivity contribution in [3.63, 3.8) is 0 Å². The summed E-state index contributed by atoms with van der Waals surface area (Å²) in [7, 11) is 2.06. The molecule has 0 heterocycles. The van der Waals surface area contributed by atoms with Gasteiger partial charge in [-0.15, -0.1) is 0 Å². The van der Waals surface area contributed by atoms with Gasteiger partial charge in [-0.2, -0.15) is 0 Å². The van der Waals surface area contributed by atoms with Gasteiger partial charge in [0.2, 0.25) is 0 Å². The van der Waals surface area contributed by atoms with Gasteiger partial charge in [-0.05, 0) is 51.0 Å². The topological polar surface area (TPSA) is 32.3 Å². The molecule has 0 amide bonds. The highest BCUT2D eigenvalue weighted by atomic mass is 16.3. The van der Waals surface area contributed by atoms with E-state index < -0.39 is 0 Å². The van der Waals surface area contributed by atoms with Crippen molar-refractivity contribution in [3.8, 4) is 0 Å². The molecule has 82 valence electrons. The second-order valence-corrected chi connectivity index (χ2v) is 5.20. The first kappa shape index (κ1) is 10.4. The van der Waals surface area contributed by atoms with Crippen LogP contribution in [0.25, 0.3) is 0 Å². The Morgan fingerprint density at radius 3 is 2.64 bits per heavy atom. The average molecular weight is 197 g/mol. The average Bonchev–Trinajstić information content (AvgIpc) is 3.02. The van der Waals surface area contributed by atoms with Crippen molar-refractivity contribution in [1.82, 2.24) is 5.32 Å². The molecule has 2 unspecified atom stereocenters. The largest absolute Gasteiger partial charge is 0.396 e. The Morgan fingerprint density at radius 2 is 2.07 bits per heavy atom. The fraction of sp³-hybridized carbons (Fsp3) is 1.00. The second-order valence-electron chi connectivity index (χ2n) is 5.20. The van der Waals surface area contributed by atoms with Gasteiger partial charge in [0.15, 0.2) is 0 Å². The van der Waals surface area contributed by atoms with Gasteiger partial charge >= 0.3 is 0 Å². The predicted molar refractivity (Wildman–Crippen MR) is 58.2 cm³/mol. The molecule has 2 rings (SSSR count). The van der Waals surface area contributed by atoms with Crippen LogP contribution in [0.4, 0.5) is 0 Å². The number of aliphatic hydroxyl groups is 1. The minimum absolute atomic E-state index is 0.264. The van der Waals surface area contributed by atoms with E-state index in [4.69, 9.17) is 5.11 Å². The fourth-order valence-electron chi connectivity index (χ4n) is 3.17. The van der Waals surface area contributed by atoms with Crippen molar-refractivity contribution in [3.05, 3.63) is 0 Å². The Kier molecular flexibility index (Phi) is 3.13. The molecule has 2 nitrogen and oxygen atoms in total. The molecule has 0 saturated heterocycles. The van der Waals surface area contributed by atoms with Crippen molar-refractivity contribution in [2.24, 2.45) is 11.8 Å². The van der Waals surface area contributed by atoms with Gasteiger partial charge in [0, 0.05) is 12.1 Å². The standard InChI is InChI=1S/C12H23NO/c1-13-12(7-8-14)6-2-3-11(9-12)10-4-5-10/h10-11,13-14H,2-9H2,1H3. The van der Waals surface area contributed by atoms with E-state index in [9.17, 15) is 0 Å².